The topological polar surface area (TPSA) is 61.6 Å². The predicted octanol–water partition coefficient (Wildman–Crippen LogP) is 2.70. The molecule has 0 saturated heterocycles. The summed E-state index contributed by atoms with van der Waals surface area (Å²) in [5.41, 5.74) is 1.18. The Balaban J connectivity index is 2.27. The highest BCUT2D eigenvalue weighted by atomic mass is 127. The fourth-order valence-corrected chi connectivity index (χ4v) is 1.54. The van der Waals surface area contributed by atoms with E-state index in [4.69, 9.17) is 5.26 Å². The summed E-state index contributed by atoms with van der Waals surface area (Å²) in [6.45, 7) is 0. The molecule has 0 amide bonds. The minimum atomic E-state index is 0.293. The second-order valence-electron chi connectivity index (χ2n) is 3.00. The molecule has 1 aromatic heterocycles. The third-order valence-electron chi connectivity index (χ3n) is 1.91. The molecule has 4 nitrogen and oxygen atoms in total. The summed E-state index contributed by atoms with van der Waals surface area (Å²) in [5.74, 6) is 0.478. The van der Waals surface area contributed by atoms with E-state index < -0.39 is 0 Å². The molecule has 0 aliphatic heterocycles. The third-order valence-corrected chi connectivity index (χ3v) is 2.63. The Morgan fingerprint density at radius 3 is 2.50 bits per heavy atom. The number of nitrogens with zero attached hydrogens (tertiary/aromatic N) is 3. The lowest BCUT2D eigenvalue weighted by Crippen LogP contribution is -1.98. The van der Waals surface area contributed by atoms with Gasteiger partial charge in [0, 0.05) is 21.7 Å². The maximum absolute atomic E-state index is 8.85. The van der Waals surface area contributed by atoms with Crippen LogP contribution in [0.1, 0.15) is 5.69 Å². The normalized spacial score (nSPS) is 9.50. The van der Waals surface area contributed by atoms with E-state index in [1.54, 1.807) is 6.20 Å². The van der Waals surface area contributed by atoms with Crippen molar-refractivity contribution in [3.8, 4) is 6.07 Å². The molecule has 0 spiro atoms. The van der Waals surface area contributed by atoms with E-state index in [-0.39, 0.29) is 0 Å². The fraction of sp³-hybridized carbons (Fsp3) is 0. The zero-order valence-corrected chi connectivity index (χ0v) is 10.3. The number of hydrogen-bond donors (Lipinski definition) is 1. The van der Waals surface area contributed by atoms with Crippen LogP contribution in [0.15, 0.2) is 36.7 Å². The van der Waals surface area contributed by atoms with Gasteiger partial charge >= 0.3 is 0 Å². The molecule has 1 N–H and O–H groups in total. The average Bonchev–Trinajstić information content (AvgIpc) is 2.33. The van der Waals surface area contributed by atoms with Crippen LogP contribution in [0.5, 0.6) is 0 Å². The van der Waals surface area contributed by atoms with E-state index in [1.807, 2.05) is 30.3 Å². The Morgan fingerprint density at radius 1 is 1.12 bits per heavy atom. The molecule has 1 heterocycles. The highest BCUT2D eigenvalue weighted by Crippen LogP contribution is 2.17. The van der Waals surface area contributed by atoms with Crippen molar-refractivity contribution in [1.29, 1.82) is 5.26 Å². The van der Waals surface area contributed by atoms with Gasteiger partial charge in [0.05, 0.1) is 0 Å². The SMILES string of the molecule is N#Cc1nccnc1Nc1ccc(I)cc1. The number of nitrogens with one attached hydrogen (secondary N) is 1. The predicted molar refractivity (Wildman–Crippen MR) is 69.2 cm³/mol. The molecule has 1 aromatic carbocycles. The second kappa shape index (κ2) is 4.90. The van der Waals surface area contributed by atoms with Crippen molar-refractivity contribution in [2.45, 2.75) is 0 Å². The Hall–Kier alpha value is -1.68. The standard InChI is InChI=1S/C11H7IN4/c12-8-1-3-9(4-2-8)16-11-10(7-13)14-5-6-15-11/h1-6H,(H,15,16). The van der Waals surface area contributed by atoms with Gasteiger partial charge in [-0.1, -0.05) is 0 Å². The largest absolute Gasteiger partial charge is 0.338 e. The average molecular weight is 322 g/mol. The number of nitriles is 1. The number of benzene rings is 1. The number of halogens is 1. The van der Waals surface area contributed by atoms with Gasteiger partial charge in [0.25, 0.3) is 0 Å². The van der Waals surface area contributed by atoms with Crippen LogP contribution in [-0.4, -0.2) is 9.97 Å². The molecule has 0 fully saturated rings. The van der Waals surface area contributed by atoms with E-state index in [0.29, 0.717) is 11.5 Å². The van der Waals surface area contributed by atoms with E-state index in [0.717, 1.165) is 9.26 Å². The van der Waals surface area contributed by atoms with E-state index in [9.17, 15) is 0 Å². The van der Waals surface area contributed by atoms with Gasteiger partial charge in [-0.05, 0) is 46.9 Å². The molecule has 2 rings (SSSR count). The van der Waals surface area contributed by atoms with Gasteiger partial charge in [0.15, 0.2) is 11.5 Å². The van der Waals surface area contributed by atoms with Crippen molar-refractivity contribution >= 4 is 34.1 Å². The monoisotopic (exact) mass is 322 g/mol. The number of aromatic nitrogens is 2. The molecule has 0 bridgehead atoms. The Kier molecular flexibility index (Phi) is 3.31. The van der Waals surface area contributed by atoms with Crippen LogP contribution in [0.2, 0.25) is 0 Å². The smallest absolute Gasteiger partial charge is 0.183 e. The van der Waals surface area contributed by atoms with Crippen LogP contribution >= 0.6 is 22.6 Å². The van der Waals surface area contributed by atoms with Gasteiger partial charge in [-0.2, -0.15) is 5.26 Å². The van der Waals surface area contributed by atoms with Crippen LogP contribution in [-0.2, 0) is 0 Å². The maximum Gasteiger partial charge on any atom is 0.183 e. The molecule has 2 aromatic rings. The van der Waals surface area contributed by atoms with Crippen molar-refractivity contribution in [2.24, 2.45) is 0 Å². The van der Waals surface area contributed by atoms with Gasteiger partial charge in [-0.3, -0.25) is 0 Å². The first kappa shape index (κ1) is 10.8. The van der Waals surface area contributed by atoms with Crippen LogP contribution < -0.4 is 5.32 Å². The summed E-state index contributed by atoms with van der Waals surface area (Å²) in [7, 11) is 0. The van der Waals surface area contributed by atoms with Crippen molar-refractivity contribution < 1.29 is 0 Å². The van der Waals surface area contributed by atoms with Gasteiger partial charge in [0.1, 0.15) is 6.07 Å². The molecular weight excluding hydrogens is 315 g/mol. The summed E-state index contributed by atoms with van der Waals surface area (Å²) in [6, 6.07) is 9.80. The highest BCUT2D eigenvalue weighted by Gasteiger charge is 2.03. The summed E-state index contributed by atoms with van der Waals surface area (Å²) in [5, 5.41) is 11.9. The molecule has 0 radical (unpaired) electrons. The molecule has 0 aliphatic carbocycles. The van der Waals surface area contributed by atoms with Crippen molar-refractivity contribution in [1.82, 2.24) is 9.97 Å². The maximum atomic E-state index is 8.85. The Morgan fingerprint density at radius 2 is 1.81 bits per heavy atom. The van der Waals surface area contributed by atoms with Crippen molar-refractivity contribution in [3.05, 3.63) is 45.9 Å². The zero-order chi connectivity index (χ0) is 11.4. The first-order chi connectivity index (χ1) is 7.79. The molecule has 16 heavy (non-hydrogen) atoms. The van der Waals surface area contributed by atoms with Gasteiger partial charge in [0.2, 0.25) is 0 Å². The lowest BCUT2D eigenvalue weighted by Gasteiger charge is -2.05. The first-order valence-corrected chi connectivity index (χ1v) is 5.61. The zero-order valence-electron chi connectivity index (χ0n) is 8.18. The van der Waals surface area contributed by atoms with E-state index >= 15 is 0 Å². The molecule has 5 heteroatoms. The van der Waals surface area contributed by atoms with Crippen molar-refractivity contribution in [3.63, 3.8) is 0 Å². The fourth-order valence-electron chi connectivity index (χ4n) is 1.18. The number of anilines is 2. The van der Waals surface area contributed by atoms with Crippen LogP contribution in [0, 0.1) is 14.9 Å². The lowest BCUT2D eigenvalue weighted by molar-refractivity contribution is 1.16. The minimum absolute atomic E-state index is 0.293. The quantitative estimate of drug-likeness (QED) is 0.864. The molecule has 0 aliphatic rings. The van der Waals surface area contributed by atoms with Crippen molar-refractivity contribution in [2.75, 3.05) is 5.32 Å². The van der Waals surface area contributed by atoms with Crippen LogP contribution in [0.3, 0.4) is 0 Å². The highest BCUT2D eigenvalue weighted by molar-refractivity contribution is 14.1. The second-order valence-corrected chi connectivity index (χ2v) is 4.24. The summed E-state index contributed by atoms with van der Waals surface area (Å²) in [6.07, 6.45) is 3.05. The Labute approximate surface area is 106 Å². The molecular formula is C11H7IN4. The molecule has 0 saturated carbocycles. The summed E-state index contributed by atoms with van der Waals surface area (Å²) >= 11 is 2.23. The van der Waals surface area contributed by atoms with Gasteiger partial charge in [-0.25, -0.2) is 9.97 Å². The summed E-state index contributed by atoms with van der Waals surface area (Å²) in [4.78, 5) is 7.99. The van der Waals surface area contributed by atoms with Crippen LogP contribution in [0.25, 0.3) is 0 Å². The summed E-state index contributed by atoms with van der Waals surface area (Å²) < 4.78 is 1.16. The van der Waals surface area contributed by atoms with Crippen LogP contribution in [0.4, 0.5) is 11.5 Å². The first-order valence-electron chi connectivity index (χ1n) is 4.53. The number of rotatable bonds is 2. The molecule has 0 unspecified atom stereocenters. The molecule has 0 atom stereocenters. The minimum Gasteiger partial charge on any atom is -0.338 e. The Bertz CT molecular complexity index is 530. The third kappa shape index (κ3) is 2.46. The molecule has 78 valence electrons. The van der Waals surface area contributed by atoms with E-state index in [2.05, 4.69) is 37.9 Å². The number of hydrogen-bond acceptors (Lipinski definition) is 4. The van der Waals surface area contributed by atoms with Gasteiger partial charge < -0.3 is 5.32 Å². The van der Waals surface area contributed by atoms with Gasteiger partial charge in [-0.15, -0.1) is 0 Å². The van der Waals surface area contributed by atoms with E-state index in [1.165, 1.54) is 6.20 Å². The lowest BCUT2D eigenvalue weighted by atomic mass is 10.3.